The lowest BCUT2D eigenvalue weighted by atomic mass is 10.2. The summed E-state index contributed by atoms with van der Waals surface area (Å²) in [5.74, 6) is 0.997. The summed E-state index contributed by atoms with van der Waals surface area (Å²) in [5, 5.41) is 2.76. The Kier molecular flexibility index (Phi) is 4.47. The van der Waals surface area contributed by atoms with Crippen molar-refractivity contribution in [2.45, 2.75) is 19.9 Å². The molecule has 1 aromatic rings. The molecule has 0 aromatic heterocycles. The maximum Gasteiger partial charge on any atom is 0.250 e. The van der Waals surface area contributed by atoms with Gasteiger partial charge in [-0.3, -0.25) is 9.59 Å². The molecule has 0 bridgehead atoms. The average molecular weight is 278 g/mol. The van der Waals surface area contributed by atoms with E-state index in [2.05, 4.69) is 5.32 Å². The second-order valence-corrected chi connectivity index (χ2v) is 5.59. The zero-order valence-electron chi connectivity index (χ0n) is 11.2. The van der Waals surface area contributed by atoms with E-state index in [0.29, 0.717) is 18.1 Å². The number of nitrogens with one attached hydrogen (secondary N) is 1. The lowest BCUT2D eigenvalue weighted by Gasteiger charge is -2.29. The number of likely N-dealkylation sites (N-methyl/N-ethyl adjacent to an activating group) is 1. The van der Waals surface area contributed by atoms with Crippen LogP contribution in [0.4, 0.5) is 5.69 Å². The first kappa shape index (κ1) is 13.9. The van der Waals surface area contributed by atoms with Gasteiger partial charge in [0.25, 0.3) is 0 Å². The van der Waals surface area contributed by atoms with Crippen LogP contribution in [0.3, 0.4) is 0 Å². The van der Waals surface area contributed by atoms with Crippen molar-refractivity contribution in [3.63, 3.8) is 0 Å². The van der Waals surface area contributed by atoms with Crippen LogP contribution in [0.2, 0.25) is 0 Å². The van der Waals surface area contributed by atoms with E-state index in [9.17, 15) is 9.59 Å². The smallest absolute Gasteiger partial charge is 0.250 e. The number of hydrogen-bond donors (Lipinski definition) is 1. The first-order chi connectivity index (χ1) is 9.11. The summed E-state index contributed by atoms with van der Waals surface area (Å²) >= 11 is 1.51. The third kappa shape index (κ3) is 3.29. The van der Waals surface area contributed by atoms with Crippen molar-refractivity contribution < 1.29 is 9.59 Å². The van der Waals surface area contributed by atoms with Gasteiger partial charge in [0.2, 0.25) is 11.8 Å². The molecule has 0 radical (unpaired) electrons. The van der Waals surface area contributed by atoms with Crippen LogP contribution in [-0.2, 0) is 9.59 Å². The van der Waals surface area contributed by atoms with Crippen LogP contribution in [0.15, 0.2) is 24.3 Å². The van der Waals surface area contributed by atoms with Gasteiger partial charge in [0.1, 0.15) is 6.04 Å². The molecule has 1 saturated heterocycles. The summed E-state index contributed by atoms with van der Waals surface area (Å²) in [6.45, 7) is 4.54. The fourth-order valence-electron chi connectivity index (χ4n) is 2.13. The van der Waals surface area contributed by atoms with Crippen LogP contribution < -0.4 is 10.2 Å². The van der Waals surface area contributed by atoms with Gasteiger partial charge in [0.05, 0.1) is 5.75 Å². The summed E-state index contributed by atoms with van der Waals surface area (Å²) in [6.07, 6.45) is 0. The molecule has 1 fully saturated rings. The van der Waals surface area contributed by atoms with Crippen molar-refractivity contribution in [1.29, 1.82) is 0 Å². The fraction of sp³-hybridized carbons (Fsp3) is 0.429. The highest BCUT2D eigenvalue weighted by Gasteiger charge is 2.29. The lowest BCUT2D eigenvalue weighted by molar-refractivity contribution is -0.126. The monoisotopic (exact) mass is 278 g/mol. The topological polar surface area (TPSA) is 49.4 Å². The van der Waals surface area contributed by atoms with E-state index in [4.69, 9.17) is 0 Å². The standard InChI is InChI=1S/C14H18N2O2S/c1-3-16(11-6-4-5-10(2)7-11)14(18)12-8-19-9-13(17)15-12/h4-7,12H,3,8-9H2,1-2H3,(H,15,17). The molecule has 0 aliphatic carbocycles. The van der Waals surface area contributed by atoms with E-state index < -0.39 is 6.04 Å². The molecule has 1 aliphatic heterocycles. The van der Waals surface area contributed by atoms with Gasteiger partial charge in [-0.05, 0) is 31.5 Å². The van der Waals surface area contributed by atoms with Crippen molar-refractivity contribution in [3.8, 4) is 0 Å². The number of hydrogen-bond acceptors (Lipinski definition) is 3. The van der Waals surface area contributed by atoms with Gasteiger partial charge in [0, 0.05) is 18.0 Å². The minimum absolute atomic E-state index is 0.0337. The number of carbonyl (C=O) groups excluding carboxylic acids is 2. The quantitative estimate of drug-likeness (QED) is 0.913. The number of anilines is 1. The van der Waals surface area contributed by atoms with Crippen LogP contribution in [0.5, 0.6) is 0 Å². The summed E-state index contributed by atoms with van der Waals surface area (Å²) in [5.41, 5.74) is 2.00. The Labute approximate surface area is 117 Å². The van der Waals surface area contributed by atoms with E-state index in [1.165, 1.54) is 11.8 Å². The van der Waals surface area contributed by atoms with Crippen molar-refractivity contribution >= 4 is 29.3 Å². The third-order valence-corrected chi connectivity index (χ3v) is 4.08. The Morgan fingerprint density at radius 1 is 1.53 bits per heavy atom. The number of thioether (sulfide) groups is 1. The molecule has 1 aromatic carbocycles. The molecule has 2 rings (SSSR count). The lowest BCUT2D eigenvalue weighted by Crippen LogP contribution is -2.53. The predicted molar refractivity (Wildman–Crippen MR) is 78.5 cm³/mol. The molecule has 1 N–H and O–H groups in total. The van der Waals surface area contributed by atoms with Crippen LogP contribution in [-0.4, -0.2) is 35.9 Å². The largest absolute Gasteiger partial charge is 0.343 e. The molecule has 0 spiro atoms. The highest BCUT2D eigenvalue weighted by atomic mass is 32.2. The molecule has 1 aliphatic rings. The first-order valence-corrected chi connectivity index (χ1v) is 7.52. The average Bonchev–Trinajstić information content (AvgIpc) is 2.39. The second-order valence-electron chi connectivity index (χ2n) is 4.56. The van der Waals surface area contributed by atoms with Gasteiger partial charge in [0.15, 0.2) is 0 Å². The molecule has 2 amide bonds. The van der Waals surface area contributed by atoms with Gasteiger partial charge in [-0.2, -0.15) is 0 Å². The second kappa shape index (κ2) is 6.10. The summed E-state index contributed by atoms with van der Waals surface area (Å²) in [7, 11) is 0. The number of aryl methyl sites for hydroxylation is 1. The fourth-order valence-corrected chi connectivity index (χ4v) is 2.98. The molecular weight excluding hydrogens is 260 g/mol. The molecule has 102 valence electrons. The van der Waals surface area contributed by atoms with E-state index in [1.807, 2.05) is 38.1 Å². The van der Waals surface area contributed by atoms with Crippen LogP contribution in [0.1, 0.15) is 12.5 Å². The van der Waals surface area contributed by atoms with Gasteiger partial charge < -0.3 is 10.2 Å². The highest BCUT2D eigenvalue weighted by molar-refractivity contribution is 8.00. The van der Waals surface area contributed by atoms with Gasteiger partial charge in [-0.1, -0.05) is 12.1 Å². The maximum absolute atomic E-state index is 12.5. The number of amides is 2. The zero-order valence-corrected chi connectivity index (χ0v) is 12.0. The first-order valence-electron chi connectivity index (χ1n) is 6.37. The Morgan fingerprint density at radius 2 is 2.32 bits per heavy atom. The Balaban J connectivity index is 2.17. The number of rotatable bonds is 3. The molecule has 5 heteroatoms. The van der Waals surface area contributed by atoms with Crippen molar-refractivity contribution in [2.24, 2.45) is 0 Å². The Morgan fingerprint density at radius 3 is 2.95 bits per heavy atom. The van der Waals surface area contributed by atoms with Crippen molar-refractivity contribution in [3.05, 3.63) is 29.8 Å². The Hall–Kier alpha value is -1.49. The predicted octanol–water partition coefficient (Wildman–Crippen LogP) is 1.58. The number of carbonyl (C=O) groups is 2. The van der Waals surface area contributed by atoms with E-state index in [0.717, 1.165) is 11.3 Å². The molecule has 19 heavy (non-hydrogen) atoms. The number of nitrogens with zero attached hydrogens (tertiary/aromatic N) is 1. The minimum Gasteiger partial charge on any atom is -0.343 e. The Bertz CT molecular complexity index is 490. The van der Waals surface area contributed by atoms with E-state index in [1.54, 1.807) is 4.90 Å². The maximum atomic E-state index is 12.5. The molecule has 0 saturated carbocycles. The SMILES string of the molecule is CCN(C(=O)C1CSCC(=O)N1)c1cccc(C)c1. The summed E-state index contributed by atoms with van der Waals surface area (Å²) in [4.78, 5) is 25.6. The van der Waals surface area contributed by atoms with E-state index in [-0.39, 0.29) is 11.8 Å². The normalized spacial score (nSPS) is 18.8. The number of benzene rings is 1. The van der Waals surface area contributed by atoms with Crippen molar-refractivity contribution in [1.82, 2.24) is 5.32 Å². The summed E-state index contributed by atoms with van der Waals surface area (Å²) in [6, 6.07) is 7.44. The van der Waals surface area contributed by atoms with Crippen LogP contribution in [0, 0.1) is 6.92 Å². The van der Waals surface area contributed by atoms with Gasteiger partial charge in [-0.25, -0.2) is 0 Å². The molecule has 1 atom stereocenters. The minimum atomic E-state index is -0.410. The van der Waals surface area contributed by atoms with Crippen LogP contribution in [0.25, 0.3) is 0 Å². The molecule has 1 heterocycles. The third-order valence-electron chi connectivity index (χ3n) is 3.05. The van der Waals surface area contributed by atoms with Gasteiger partial charge >= 0.3 is 0 Å². The van der Waals surface area contributed by atoms with Gasteiger partial charge in [-0.15, -0.1) is 11.8 Å². The molecule has 1 unspecified atom stereocenters. The summed E-state index contributed by atoms with van der Waals surface area (Å²) < 4.78 is 0. The zero-order chi connectivity index (χ0) is 13.8. The van der Waals surface area contributed by atoms with Crippen LogP contribution >= 0.6 is 11.8 Å². The highest BCUT2D eigenvalue weighted by Crippen LogP contribution is 2.19. The van der Waals surface area contributed by atoms with E-state index >= 15 is 0 Å². The molecule has 4 nitrogen and oxygen atoms in total. The molecular formula is C14H18N2O2S. The van der Waals surface area contributed by atoms with Crippen molar-refractivity contribution in [2.75, 3.05) is 23.0 Å².